The lowest BCUT2D eigenvalue weighted by molar-refractivity contribution is 0.0544. The smallest absolute Gasteiger partial charge is 0.419 e. The van der Waals surface area contributed by atoms with Gasteiger partial charge in [0.15, 0.2) is 5.78 Å². The molecule has 0 radical (unpaired) electrons. The maximum atomic E-state index is 13.8. The molecule has 0 atom stereocenters. The Labute approximate surface area is 155 Å². The summed E-state index contributed by atoms with van der Waals surface area (Å²) in [6.07, 6.45) is 1.50. The molecule has 6 heteroatoms. The summed E-state index contributed by atoms with van der Waals surface area (Å²) < 4.78 is 20.5. The first-order valence-electron chi connectivity index (χ1n) is 8.35. The third kappa shape index (κ3) is 3.55. The van der Waals surface area contributed by atoms with E-state index in [2.05, 4.69) is 0 Å². The summed E-state index contributed by atoms with van der Waals surface area (Å²) in [6.45, 7) is 7.15. The molecule has 2 heterocycles. The van der Waals surface area contributed by atoms with Crippen LogP contribution in [-0.4, -0.2) is 22.0 Å². The first-order valence-corrected chi connectivity index (χ1v) is 9.23. The van der Waals surface area contributed by atoms with Crippen LogP contribution in [0.1, 0.15) is 43.8 Å². The van der Waals surface area contributed by atoms with Gasteiger partial charge in [-0.05, 0) is 56.0 Å². The number of nitrogens with zero attached hydrogens (tertiary/aromatic N) is 1. The molecule has 0 bridgehead atoms. The normalized spacial score (nSPS) is 11.7. The molecule has 3 rings (SSSR count). The number of rotatable bonds is 3. The molecule has 0 unspecified atom stereocenters. The van der Waals surface area contributed by atoms with E-state index in [1.54, 1.807) is 33.0 Å². The maximum Gasteiger partial charge on any atom is 0.419 e. The lowest BCUT2D eigenvalue weighted by Gasteiger charge is -2.19. The van der Waals surface area contributed by atoms with Crippen LogP contribution in [0.25, 0.3) is 22.0 Å². The summed E-state index contributed by atoms with van der Waals surface area (Å²) in [6, 6.07) is 6.12. The van der Waals surface area contributed by atoms with Crippen molar-refractivity contribution in [1.82, 2.24) is 4.57 Å². The molecule has 0 amide bonds. The number of fused-ring (bicyclic) bond motifs is 1. The highest BCUT2D eigenvalue weighted by Gasteiger charge is 2.22. The molecule has 0 saturated carbocycles. The number of carbonyl (C=O) groups is 2. The Morgan fingerprint density at radius 1 is 1.23 bits per heavy atom. The standard InChI is InChI=1S/C20H20FNO3S/c1-5-17(23)18-8-12(11-26-18)15-10-22(19(24)25-20(2,3)4)16-9-13(21)6-7-14(15)16/h6-11H,5H2,1-4H3. The molecule has 4 nitrogen and oxygen atoms in total. The highest BCUT2D eigenvalue weighted by atomic mass is 32.1. The largest absolute Gasteiger partial charge is 0.443 e. The van der Waals surface area contributed by atoms with Crippen molar-refractivity contribution in [3.05, 3.63) is 46.5 Å². The van der Waals surface area contributed by atoms with Crippen molar-refractivity contribution in [3.8, 4) is 11.1 Å². The van der Waals surface area contributed by atoms with Gasteiger partial charge in [0.2, 0.25) is 0 Å². The summed E-state index contributed by atoms with van der Waals surface area (Å²) in [4.78, 5) is 25.1. The van der Waals surface area contributed by atoms with E-state index in [4.69, 9.17) is 4.74 Å². The summed E-state index contributed by atoms with van der Waals surface area (Å²) in [5.74, 6) is -0.359. The van der Waals surface area contributed by atoms with Crippen LogP contribution in [0, 0.1) is 5.82 Å². The number of thiophene rings is 1. The van der Waals surface area contributed by atoms with E-state index in [-0.39, 0.29) is 5.78 Å². The Morgan fingerprint density at radius 2 is 1.96 bits per heavy atom. The molecule has 3 aromatic rings. The van der Waals surface area contributed by atoms with Crippen LogP contribution in [-0.2, 0) is 4.74 Å². The second-order valence-electron chi connectivity index (χ2n) is 7.03. The second-order valence-corrected chi connectivity index (χ2v) is 7.94. The van der Waals surface area contributed by atoms with Crippen molar-refractivity contribution in [1.29, 1.82) is 0 Å². The zero-order valence-corrected chi connectivity index (χ0v) is 15.9. The van der Waals surface area contributed by atoms with E-state index < -0.39 is 17.5 Å². The fourth-order valence-electron chi connectivity index (χ4n) is 2.69. The van der Waals surface area contributed by atoms with E-state index in [0.29, 0.717) is 16.8 Å². The number of aromatic nitrogens is 1. The molecule has 26 heavy (non-hydrogen) atoms. The molecule has 0 fully saturated rings. The van der Waals surface area contributed by atoms with E-state index in [9.17, 15) is 14.0 Å². The van der Waals surface area contributed by atoms with Gasteiger partial charge in [0.05, 0.1) is 10.4 Å². The Hall–Kier alpha value is -2.47. The van der Waals surface area contributed by atoms with Gasteiger partial charge >= 0.3 is 6.09 Å². The number of Topliss-reactive ketones (excluding diaryl/α,β-unsaturated/α-hetero) is 1. The molecular weight excluding hydrogens is 353 g/mol. The Morgan fingerprint density at radius 3 is 2.62 bits per heavy atom. The van der Waals surface area contributed by atoms with Gasteiger partial charge in [0.25, 0.3) is 0 Å². The van der Waals surface area contributed by atoms with E-state index in [1.807, 2.05) is 18.4 Å². The number of ether oxygens (including phenoxy) is 1. The minimum Gasteiger partial charge on any atom is -0.443 e. The third-order valence-electron chi connectivity index (χ3n) is 3.86. The Kier molecular flexibility index (Phi) is 4.71. The van der Waals surface area contributed by atoms with Gasteiger partial charge in [-0.1, -0.05) is 6.92 Å². The number of carbonyl (C=O) groups excluding carboxylic acids is 2. The first kappa shape index (κ1) is 18.3. The van der Waals surface area contributed by atoms with E-state index in [0.717, 1.165) is 16.5 Å². The van der Waals surface area contributed by atoms with Crippen molar-refractivity contribution in [2.24, 2.45) is 0 Å². The van der Waals surface area contributed by atoms with Gasteiger partial charge in [-0.15, -0.1) is 11.3 Å². The molecule has 0 aliphatic rings. The summed E-state index contributed by atoms with van der Waals surface area (Å²) in [5.41, 5.74) is 1.36. The van der Waals surface area contributed by atoms with E-state index >= 15 is 0 Å². The summed E-state index contributed by atoms with van der Waals surface area (Å²) >= 11 is 1.37. The molecule has 0 aliphatic heterocycles. The number of hydrogen-bond acceptors (Lipinski definition) is 4. The first-order chi connectivity index (χ1) is 12.2. The molecule has 0 spiro atoms. The summed E-state index contributed by atoms with van der Waals surface area (Å²) in [5, 5.41) is 2.60. The molecule has 0 saturated heterocycles. The highest BCUT2D eigenvalue weighted by Crippen LogP contribution is 2.34. The van der Waals surface area contributed by atoms with Crippen molar-refractivity contribution in [2.45, 2.75) is 39.7 Å². The molecule has 0 aliphatic carbocycles. The number of benzene rings is 1. The fraction of sp³-hybridized carbons (Fsp3) is 0.300. The number of halogens is 1. The Bertz CT molecular complexity index is 994. The molecule has 0 N–H and O–H groups in total. The SMILES string of the molecule is CCC(=O)c1cc(-c2cn(C(=O)OC(C)(C)C)c3cc(F)ccc23)cs1. The number of hydrogen-bond donors (Lipinski definition) is 0. The van der Waals surface area contributed by atoms with Crippen LogP contribution in [0.3, 0.4) is 0 Å². The van der Waals surface area contributed by atoms with Crippen molar-refractivity contribution >= 4 is 34.1 Å². The zero-order valence-electron chi connectivity index (χ0n) is 15.1. The van der Waals surface area contributed by atoms with Crippen molar-refractivity contribution in [3.63, 3.8) is 0 Å². The van der Waals surface area contributed by atoms with Crippen LogP contribution in [0.15, 0.2) is 35.8 Å². The lowest BCUT2D eigenvalue weighted by atomic mass is 10.1. The second kappa shape index (κ2) is 6.68. The number of ketones is 1. The monoisotopic (exact) mass is 373 g/mol. The predicted octanol–water partition coefficient (Wildman–Crippen LogP) is 5.88. The third-order valence-corrected chi connectivity index (χ3v) is 4.84. The van der Waals surface area contributed by atoms with Crippen LogP contribution in [0.5, 0.6) is 0 Å². The lowest BCUT2D eigenvalue weighted by Crippen LogP contribution is -2.26. The summed E-state index contributed by atoms with van der Waals surface area (Å²) in [7, 11) is 0. The highest BCUT2D eigenvalue weighted by molar-refractivity contribution is 7.12. The average molecular weight is 373 g/mol. The van der Waals surface area contributed by atoms with Crippen LogP contribution in [0.2, 0.25) is 0 Å². The van der Waals surface area contributed by atoms with Gasteiger partial charge < -0.3 is 4.74 Å². The van der Waals surface area contributed by atoms with Crippen molar-refractivity contribution < 1.29 is 18.7 Å². The quantitative estimate of drug-likeness (QED) is 0.538. The van der Waals surface area contributed by atoms with Crippen LogP contribution in [0.4, 0.5) is 9.18 Å². The molecular formula is C20H20FNO3S. The maximum absolute atomic E-state index is 13.8. The van der Waals surface area contributed by atoms with Gasteiger partial charge in [0, 0.05) is 23.6 Å². The predicted molar refractivity (Wildman–Crippen MR) is 101 cm³/mol. The Balaban J connectivity index is 2.13. The average Bonchev–Trinajstić information content (AvgIpc) is 3.16. The van der Waals surface area contributed by atoms with Crippen molar-refractivity contribution in [2.75, 3.05) is 0 Å². The van der Waals surface area contributed by atoms with Gasteiger partial charge in [-0.25, -0.2) is 9.18 Å². The van der Waals surface area contributed by atoms with Gasteiger partial charge in [-0.2, -0.15) is 0 Å². The van der Waals surface area contributed by atoms with Gasteiger partial charge in [0.1, 0.15) is 11.4 Å². The van der Waals surface area contributed by atoms with Crippen LogP contribution >= 0.6 is 11.3 Å². The minimum atomic E-state index is -0.662. The minimum absolute atomic E-state index is 0.0724. The zero-order chi connectivity index (χ0) is 19.1. The van der Waals surface area contributed by atoms with Gasteiger partial charge in [-0.3, -0.25) is 9.36 Å². The van der Waals surface area contributed by atoms with Crippen LogP contribution < -0.4 is 0 Å². The fourth-order valence-corrected chi connectivity index (χ4v) is 3.61. The molecule has 1 aromatic carbocycles. The van der Waals surface area contributed by atoms with E-state index in [1.165, 1.54) is 28.0 Å². The molecule has 136 valence electrons. The topological polar surface area (TPSA) is 48.3 Å². The molecule has 2 aromatic heterocycles.